The summed E-state index contributed by atoms with van der Waals surface area (Å²) in [5.74, 6) is 0.685. The average molecular weight is 206 g/mol. The van der Waals surface area contributed by atoms with Crippen LogP contribution in [0.1, 0.15) is 18.4 Å². The van der Waals surface area contributed by atoms with E-state index in [-0.39, 0.29) is 0 Å². The van der Waals surface area contributed by atoms with Gasteiger partial charge in [-0.25, -0.2) is 0 Å². The number of hydrogen-bond acceptors (Lipinski definition) is 4. The fraction of sp³-hybridized carbons (Fsp3) is 0.400. The van der Waals surface area contributed by atoms with Crippen molar-refractivity contribution in [3.8, 4) is 0 Å². The molecule has 0 saturated carbocycles. The molecule has 0 aliphatic rings. The molecule has 0 spiro atoms. The van der Waals surface area contributed by atoms with Crippen LogP contribution < -0.4 is 5.32 Å². The molecule has 0 aliphatic carbocycles. The predicted octanol–water partition coefficient (Wildman–Crippen LogP) is 1.18. The van der Waals surface area contributed by atoms with Crippen molar-refractivity contribution < 1.29 is 4.52 Å². The van der Waals surface area contributed by atoms with E-state index < -0.39 is 0 Å². The molecule has 2 aromatic rings. The summed E-state index contributed by atoms with van der Waals surface area (Å²) in [5.41, 5.74) is 1.26. The maximum absolute atomic E-state index is 4.64. The van der Waals surface area contributed by atoms with E-state index in [1.165, 1.54) is 12.1 Å². The van der Waals surface area contributed by atoms with Gasteiger partial charge in [0, 0.05) is 25.0 Å². The fourth-order valence-corrected chi connectivity index (χ4v) is 1.49. The van der Waals surface area contributed by atoms with Crippen LogP contribution in [0.25, 0.3) is 0 Å². The van der Waals surface area contributed by atoms with Gasteiger partial charge in [-0.3, -0.25) is 0 Å². The van der Waals surface area contributed by atoms with Crippen molar-refractivity contribution in [3.05, 3.63) is 36.2 Å². The van der Waals surface area contributed by atoms with Gasteiger partial charge in [0.25, 0.3) is 0 Å². The molecule has 0 aliphatic heterocycles. The van der Waals surface area contributed by atoms with Gasteiger partial charge in [0.15, 0.2) is 5.82 Å². The van der Waals surface area contributed by atoms with Crippen molar-refractivity contribution in [2.45, 2.75) is 26.6 Å². The topological polar surface area (TPSA) is 55.9 Å². The molecule has 0 amide bonds. The first-order chi connectivity index (χ1) is 7.40. The molecular formula is C10H14N4O. The third-order valence-electron chi connectivity index (χ3n) is 2.26. The quantitative estimate of drug-likeness (QED) is 0.798. The zero-order valence-corrected chi connectivity index (χ0v) is 8.68. The molecule has 5 heteroatoms. The van der Waals surface area contributed by atoms with Gasteiger partial charge in [-0.1, -0.05) is 5.16 Å². The van der Waals surface area contributed by atoms with E-state index >= 15 is 0 Å². The minimum Gasteiger partial charge on any atom is -0.351 e. The molecule has 2 rings (SSSR count). The molecule has 2 heterocycles. The molecule has 0 fully saturated rings. The molecular weight excluding hydrogens is 192 g/mol. The summed E-state index contributed by atoms with van der Waals surface area (Å²) in [7, 11) is 0. The van der Waals surface area contributed by atoms with Gasteiger partial charge in [0.05, 0.1) is 6.54 Å². The molecule has 80 valence electrons. The van der Waals surface area contributed by atoms with Crippen molar-refractivity contribution in [1.82, 2.24) is 20.0 Å². The van der Waals surface area contributed by atoms with Crippen LogP contribution in [-0.4, -0.2) is 14.7 Å². The number of nitrogens with zero attached hydrogens (tertiary/aromatic N) is 3. The van der Waals surface area contributed by atoms with Crippen LogP contribution in [0, 0.1) is 0 Å². The van der Waals surface area contributed by atoms with Gasteiger partial charge in [-0.15, -0.1) is 0 Å². The molecule has 0 radical (unpaired) electrons. The van der Waals surface area contributed by atoms with Crippen molar-refractivity contribution in [2.75, 3.05) is 0 Å². The minimum absolute atomic E-state index is 0.630. The molecule has 0 saturated heterocycles. The number of hydrogen-bond donors (Lipinski definition) is 1. The zero-order valence-electron chi connectivity index (χ0n) is 8.68. The third-order valence-corrected chi connectivity index (χ3v) is 2.26. The summed E-state index contributed by atoms with van der Waals surface area (Å²) in [6, 6.07) is 4.15. The van der Waals surface area contributed by atoms with E-state index in [1.54, 1.807) is 0 Å². The summed E-state index contributed by atoms with van der Waals surface area (Å²) in [5, 5.41) is 6.98. The van der Waals surface area contributed by atoms with Crippen LogP contribution >= 0.6 is 0 Å². The van der Waals surface area contributed by atoms with Gasteiger partial charge < -0.3 is 14.4 Å². The molecule has 1 N–H and O–H groups in total. The highest BCUT2D eigenvalue weighted by Crippen LogP contribution is 2.01. The second-order valence-corrected chi connectivity index (χ2v) is 3.24. The van der Waals surface area contributed by atoms with Crippen molar-refractivity contribution in [2.24, 2.45) is 0 Å². The van der Waals surface area contributed by atoms with E-state index in [0.29, 0.717) is 12.4 Å². The Labute approximate surface area is 88.1 Å². The first kappa shape index (κ1) is 9.92. The summed E-state index contributed by atoms with van der Waals surface area (Å²) >= 11 is 0. The minimum atomic E-state index is 0.630. The van der Waals surface area contributed by atoms with E-state index in [0.717, 1.165) is 13.1 Å². The van der Waals surface area contributed by atoms with Crippen LogP contribution in [0.5, 0.6) is 0 Å². The zero-order chi connectivity index (χ0) is 10.5. The SMILES string of the molecule is CCn1cccc1CNCc1ncon1. The van der Waals surface area contributed by atoms with Gasteiger partial charge >= 0.3 is 0 Å². The van der Waals surface area contributed by atoms with Crippen molar-refractivity contribution in [3.63, 3.8) is 0 Å². The molecule has 15 heavy (non-hydrogen) atoms. The van der Waals surface area contributed by atoms with Crippen molar-refractivity contribution in [1.29, 1.82) is 0 Å². The first-order valence-corrected chi connectivity index (χ1v) is 5.00. The second kappa shape index (κ2) is 4.75. The van der Waals surface area contributed by atoms with Crippen LogP contribution in [-0.2, 0) is 19.6 Å². The maximum atomic E-state index is 4.64. The Morgan fingerprint density at radius 3 is 3.13 bits per heavy atom. The Morgan fingerprint density at radius 2 is 2.40 bits per heavy atom. The Bertz CT molecular complexity index is 393. The maximum Gasteiger partial charge on any atom is 0.213 e. The molecule has 0 aromatic carbocycles. The smallest absolute Gasteiger partial charge is 0.213 e. The van der Waals surface area contributed by atoms with E-state index in [2.05, 4.69) is 49.8 Å². The molecule has 2 aromatic heterocycles. The van der Waals surface area contributed by atoms with Crippen molar-refractivity contribution >= 4 is 0 Å². The Hall–Kier alpha value is -1.62. The van der Waals surface area contributed by atoms with Gasteiger partial charge in [-0.05, 0) is 19.1 Å². The van der Waals surface area contributed by atoms with E-state index in [4.69, 9.17) is 0 Å². The number of aryl methyl sites for hydroxylation is 1. The number of nitrogens with one attached hydrogen (secondary N) is 1. The second-order valence-electron chi connectivity index (χ2n) is 3.24. The predicted molar refractivity (Wildman–Crippen MR) is 54.9 cm³/mol. The van der Waals surface area contributed by atoms with E-state index in [1.807, 2.05) is 0 Å². The Morgan fingerprint density at radius 1 is 1.47 bits per heavy atom. The van der Waals surface area contributed by atoms with Gasteiger partial charge in [0.2, 0.25) is 6.39 Å². The van der Waals surface area contributed by atoms with Gasteiger partial charge in [-0.2, -0.15) is 4.98 Å². The van der Waals surface area contributed by atoms with Crippen LogP contribution in [0.2, 0.25) is 0 Å². The lowest BCUT2D eigenvalue weighted by Gasteiger charge is -2.06. The molecule has 5 nitrogen and oxygen atoms in total. The van der Waals surface area contributed by atoms with Crippen LogP contribution in [0.3, 0.4) is 0 Å². The lowest BCUT2D eigenvalue weighted by Crippen LogP contribution is -2.16. The Kier molecular flexibility index (Phi) is 3.14. The number of aromatic nitrogens is 3. The van der Waals surface area contributed by atoms with Crippen LogP contribution in [0.4, 0.5) is 0 Å². The summed E-state index contributed by atoms with van der Waals surface area (Å²) in [4.78, 5) is 3.93. The fourth-order valence-electron chi connectivity index (χ4n) is 1.49. The largest absolute Gasteiger partial charge is 0.351 e. The van der Waals surface area contributed by atoms with Gasteiger partial charge in [0.1, 0.15) is 0 Å². The number of rotatable bonds is 5. The monoisotopic (exact) mass is 206 g/mol. The third kappa shape index (κ3) is 2.44. The molecule has 0 atom stereocenters. The van der Waals surface area contributed by atoms with Crippen LogP contribution in [0.15, 0.2) is 29.2 Å². The highest BCUT2D eigenvalue weighted by molar-refractivity contribution is 5.06. The molecule has 0 unspecified atom stereocenters. The molecule has 0 bridgehead atoms. The lowest BCUT2D eigenvalue weighted by molar-refractivity contribution is 0.407. The summed E-state index contributed by atoms with van der Waals surface area (Å²) in [6.07, 6.45) is 3.41. The Balaban J connectivity index is 1.83. The normalized spacial score (nSPS) is 10.7. The first-order valence-electron chi connectivity index (χ1n) is 5.00. The van der Waals surface area contributed by atoms with E-state index in [9.17, 15) is 0 Å². The summed E-state index contributed by atoms with van der Waals surface area (Å²) < 4.78 is 6.84. The summed E-state index contributed by atoms with van der Waals surface area (Å²) in [6.45, 7) is 4.57. The standard InChI is InChI=1S/C10H14N4O/c1-2-14-5-3-4-9(14)6-11-7-10-12-8-15-13-10/h3-5,8,11H,2,6-7H2,1H3. The average Bonchev–Trinajstić information content (AvgIpc) is 2.88. The highest BCUT2D eigenvalue weighted by atomic mass is 16.5. The lowest BCUT2D eigenvalue weighted by atomic mass is 10.4. The highest BCUT2D eigenvalue weighted by Gasteiger charge is 2.00.